The van der Waals surface area contributed by atoms with E-state index in [1.165, 1.54) is 0 Å². The number of halogens is 2. The minimum atomic E-state index is -0.201. The van der Waals surface area contributed by atoms with E-state index >= 15 is 0 Å². The third-order valence-corrected chi connectivity index (χ3v) is 6.19. The van der Waals surface area contributed by atoms with Crippen molar-refractivity contribution in [2.24, 2.45) is 0 Å². The number of nitrogens with one attached hydrogen (secondary N) is 2. The Morgan fingerprint density at radius 1 is 1.03 bits per heavy atom. The first-order valence-corrected chi connectivity index (χ1v) is 11.3. The summed E-state index contributed by atoms with van der Waals surface area (Å²) in [6.07, 6.45) is 1.77. The maximum absolute atomic E-state index is 12.6. The number of carbonyl (C=O) groups is 1. The van der Waals surface area contributed by atoms with Crippen LogP contribution in [0.25, 0.3) is 33.8 Å². The number of aromatic amines is 1. The van der Waals surface area contributed by atoms with E-state index in [1.807, 2.05) is 61.5 Å². The van der Waals surface area contributed by atoms with Crippen LogP contribution in [0.5, 0.6) is 0 Å². The maximum Gasteiger partial charge on any atom is 0.256 e. The van der Waals surface area contributed by atoms with Gasteiger partial charge in [-0.15, -0.1) is 0 Å². The Labute approximate surface area is 200 Å². The van der Waals surface area contributed by atoms with Crippen molar-refractivity contribution in [3.63, 3.8) is 0 Å². The van der Waals surface area contributed by atoms with Crippen LogP contribution in [0.4, 0.5) is 5.69 Å². The molecular formula is C24H16Br2N4O2. The zero-order valence-electron chi connectivity index (χ0n) is 16.8. The summed E-state index contributed by atoms with van der Waals surface area (Å²) in [5.41, 5.74) is 6.25. The smallest absolute Gasteiger partial charge is 0.256 e. The Bertz CT molecular complexity index is 1450. The molecule has 0 radical (unpaired) electrons. The van der Waals surface area contributed by atoms with Crippen LogP contribution in [0.15, 0.2) is 80.2 Å². The van der Waals surface area contributed by atoms with Gasteiger partial charge in [0.1, 0.15) is 11.2 Å². The van der Waals surface area contributed by atoms with Gasteiger partial charge in [0, 0.05) is 26.4 Å². The fourth-order valence-corrected chi connectivity index (χ4v) is 4.19. The molecule has 0 unspecified atom stereocenters. The molecule has 0 spiro atoms. The number of carbonyl (C=O) groups excluding carboxylic acids is 1. The molecule has 158 valence electrons. The summed E-state index contributed by atoms with van der Waals surface area (Å²) >= 11 is 6.82. The average molecular weight is 552 g/mol. The van der Waals surface area contributed by atoms with E-state index in [4.69, 9.17) is 4.42 Å². The van der Waals surface area contributed by atoms with Crippen LogP contribution in [-0.2, 0) is 0 Å². The molecular weight excluding hydrogens is 536 g/mol. The van der Waals surface area contributed by atoms with Gasteiger partial charge in [0.15, 0.2) is 5.58 Å². The number of anilines is 1. The molecule has 0 bridgehead atoms. The average Bonchev–Trinajstić information content (AvgIpc) is 3.42. The topological polar surface area (TPSA) is 83.8 Å². The zero-order chi connectivity index (χ0) is 22.2. The lowest BCUT2D eigenvalue weighted by Crippen LogP contribution is -2.12. The quantitative estimate of drug-likeness (QED) is 0.252. The van der Waals surface area contributed by atoms with Crippen LogP contribution < -0.4 is 5.32 Å². The number of amides is 1. The molecule has 2 aromatic heterocycles. The number of nitrogens with zero attached hydrogens (tertiary/aromatic N) is 2. The van der Waals surface area contributed by atoms with E-state index in [-0.39, 0.29) is 5.91 Å². The summed E-state index contributed by atoms with van der Waals surface area (Å²) in [4.78, 5) is 17.2. The summed E-state index contributed by atoms with van der Waals surface area (Å²) in [6, 6.07) is 18.9. The van der Waals surface area contributed by atoms with Gasteiger partial charge in [0.05, 0.1) is 11.1 Å². The maximum atomic E-state index is 12.6. The fraction of sp³-hybridized carbons (Fsp3) is 0.0417. The standard InChI is InChI=1S/C24H16Br2N4O2/c1-13-2-9-20-21(10-13)32-24(29-20)18-12-27-30-22(18)14-3-6-16(7-4-14)28-23(31)17-11-15(25)5-8-19(17)26/h2-12H,1H3,(H,27,30)(H,28,31). The Balaban J connectivity index is 1.41. The zero-order valence-corrected chi connectivity index (χ0v) is 20.0. The van der Waals surface area contributed by atoms with Crippen LogP contribution in [0, 0.1) is 6.92 Å². The Morgan fingerprint density at radius 2 is 1.84 bits per heavy atom. The van der Waals surface area contributed by atoms with Crippen molar-refractivity contribution in [1.29, 1.82) is 0 Å². The predicted octanol–water partition coefficient (Wildman–Crippen LogP) is 6.97. The van der Waals surface area contributed by atoms with E-state index in [1.54, 1.807) is 12.3 Å². The van der Waals surface area contributed by atoms with Gasteiger partial charge in [-0.1, -0.05) is 34.1 Å². The van der Waals surface area contributed by atoms with E-state index in [2.05, 4.69) is 52.4 Å². The number of benzene rings is 3. The molecule has 0 atom stereocenters. The molecule has 2 N–H and O–H groups in total. The molecule has 5 rings (SSSR count). The van der Waals surface area contributed by atoms with E-state index in [9.17, 15) is 4.79 Å². The molecule has 0 saturated carbocycles. The third-order valence-electron chi connectivity index (χ3n) is 5.00. The lowest BCUT2D eigenvalue weighted by molar-refractivity contribution is 0.102. The van der Waals surface area contributed by atoms with Crippen molar-refractivity contribution < 1.29 is 9.21 Å². The molecule has 0 aliphatic carbocycles. The number of aryl methyl sites for hydroxylation is 1. The highest BCUT2D eigenvalue weighted by Gasteiger charge is 2.17. The SMILES string of the molecule is Cc1ccc2nc(-c3c[nH]nc3-c3ccc(NC(=O)c4cc(Br)ccc4Br)cc3)oc2c1. The summed E-state index contributed by atoms with van der Waals surface area (Å²) in [7, 11) is 0. The number of aromatic nitrogens is 3. The molecule has 0 saturated heterocycles. The number of oxazole rings is 1. The molecule has 0 aliphatic heterocycles. The molecule has 32 heavy (non-hydrogen) atoms. The van der Waals surface area contributed by atoms with Crippen molar-refractivity contribution in [3.8, 4) is 22.7 Å². The molecule has 8 heteroatoms. The van der Waals surface area contributed by atoms with Gasteiger partial charge in [-0.2, -0.15) is 5.10 Å². The lowest BCUT2D eigenvalue weighted by Gasteiger charge is -2.08. The minimum Gasteiger partial charge on any atom is -0.436 e. The van der Waals surface area contributed by atoms with E-state index < -0.39 is 0 Å². The number of hydrogen-bond donors (Lipinski definition) is 2. The van der Waals surface area contributed by atoms with Gasteiger partial charge < -0.3 is 9.73 Å². The van der Waals surface area contributed by atoms with Crippen LogP contribution in [-0.4, -0.2) is 21.1 Å². The fourth-order valence-electron chi connectivity index (χ4n) is 3.40. The van der Waals surface area contributed by atoms with Gasteiger partial charge in [-0.25, -0.2) is 4.98 Å². The Hall–Kier alpha value is -3.23. The summed E-state index contributed by atoms with van der Waals surface area (Å²) in [6.45, 7) is 2.01. The van der Waals surface area contributed by atoms with Gasteiger partial charge in [0.25, 0.3) is 5.91 Å². The molecule has 0 fully saturated rings. The van der Waals surface area contributed by atoms with Gasteiger partial charge >= 0.3 is 0 Å². The molecule has 0 aliphatic rings. The number of H-pyrrole nitrogens is 1. The first kappa shape index (κ1) is 20.7. The van der Waals surface area contributed by atoms with Crippen molar-refractivity contribution >= 4 is 54.6 Å². The van der Waals surface area contributed by atoms with Crippen LogP contribution in [0.2, 0.25) is 0 Å². The van der Waals surface area contributed by atoms with E-state index in [0.717, 1.165) is 42.4 Å². The largest absolute Gasteiger partial charge is 0.436 e. The highest BCUT2D eigenvalue weighted by atomic mass is 79.9. The first-order valence-electron chi connectivity index (χ1n) is 9.76. The van der Waals surface area contributed by atoms with Crippen LogP contribution in [0.1, 0.15) is 15.9 Å². The van der Waals surface area contributed by atoms with E-state index in [0.29, 0.717) is 17.1 Å². The van der Waals surface area contributed by atoms with Gasteiger partial charge in [-0.3, -0.25) is 9.89 Å². The molecule has 1 amide bonds. The summed E-state index contributed by atoms with van der Waals surface area (Å²) in [5, 5.41) is 10.2. The second-order valence-electron chi connectivity index (χ2n) is 7.29. The monoisotopic (exact) mass is 550 g/mol. The third kappa shape index (κ3) is 3.99. The van der Waals surface area contributed by atoms with Crippen LogP contribution >= 0.6 is 31.9 Å². The second-order valence-corrected chi connectivity index (χ2v) is 9.06. The molecule has 2 heterocycles. The number of fused-ring (bicyclic) bond motifs is 1. The molecule has 6 nitrogen and oxygen atoms in total. The van der Waals surface area contributed by atoms with Gasteiger partial charge in [-0.05, 0) is 70.9 Å². The summed E-state index contributed by atoms with van der Waals surface area (Å²) in [5.74, 6) is 0.305. The van der Waals surface area contributed by atoms with Crippen molar-refractivity contribution in [1.82, 2.24) is 15.2 Å². The number of hydrogen-bond acceptors (Lipinski definition) is 4. The predicted molar refractivity (Wildman–Crippen MR) is 132 cm³/mol. The van der Waals surface area contributed by atoms with Gasteiger partial charge in [0.2, 0.25) is 5.89 Å². The normalized spacial score (nSPS) is 11.1. The number of rotatable bonds is 4. The Kier molecular flexibility index (Phi) is 5.40. The van der Waals surface area contributed by atoms with Crippen molar-refractivity contribution in [2.75, 3.05) is 5.32 Å². The first-order chi connectivity index (χ1) is 15.5. The minimum absolute atomic E-state index is 0.201. The summed E-state index contributed by atoms with van der Waals surface area (Å²) < 4.78 is 7.53. The lowest BCUT2D eigenvalue weighted by atomic mass is 10.1. The molecule has 5 aromatic rings. The second kappa shape index (κ2) is 8.37. The van der Waals surface area contributed by atoms with Crippen LogP contribution in [0.3, 0.4) is 0 Å². The van der Waals surface area contributed by atoms with Crippen molar-refractivity contribution in [3.05, 3.63) is 86.9 Å². The molecule has 3 aromatic carbocycles. The van der Waals surface area contributed by atoms with Crippen molar-refractivity contribution in [2.45, 2.75) is 6.92 Å². The highest BCUT2D eigenvalue weighted by Crippen LogP contribution is 2.32. The highest BCUT2D eigenvalue weighted by molar-refractivity contribution is 9.11. The Morgan fingerprint density at radius 3 is 2.66 bits per heavy atom.